The molecule has 0 amide bonds. The third-order valence-corrected chi connectivity index (χ3v) is 2.73. The molecule has 17 heavy (non-hydrogen) atoms. The van der Waals surface area contributed by atoms with Gasteiger partial charge in [0, 0.05) is 0 Å². The molecule has 0 radical (unpaired) electrons. The summed E-state index contributed by atoms with van der Waals surface area (Å²) >= 11 is 0. The standard InChI is InChI=1S/C14H21NO2/c1-4-17-14(16)13(15(2)3)11-10-12-8-6-5-7-9-12/h5-9,13H,4,10-11H2,1-3H3/t13-/m0/s1. The van der Waals surface area contributed by atoms with Gasteiger partial charge in [-0.05, 0) is 39.4 Å². The normalized spacial score (nSPS) is 12.5. The van der Waals surface area contributed by atoms with E-state index >= 15 is 0 Å². The van der Waals surface area contributed by atoms with Crippen LogP contribution in [0.4, 0.5) is 0 Å². The molecular formula is C14H21NO2. The summed E-state index contributed by atoms with van der Waals surface area (Å²) < 4.78 is 5.07. The molecule has 0 aliphatic heterocycles. The second-order valence-corrected chi connectivity index (χ2v) is 4.26. The molecule has 1 aromatic carbocycles. The predicted octanol–water partition coefficient (Wildman–Crippen LogP) is 2.11. The number of carbonyl (C=O) groups excluding carboxylic acids is 1. The van der Waals surface area contributed by atoms with E-state index in [0.717, 1.165) is 12.8 Å². The molecule has 0 unspecified atom stereocenters. The Kier molecular flexibility index (Phi) is 5.70. The van der Waals surface area contributed by atoms with Crippen LogP contribution in [0.15, 0.2) is 30.3 Å². The summed E-state index contributed by atoms with van der Waals surface area (Å²) in [5, 5.41) is 0. The first kappa shape index (κ1) is 13.7. The summed E-state index contributed by atoms with van der Waals surface area (Å²) in [7, 11) is 3.82. The number of benzene rings is 1. The van der Waals surface area contributed by atoms with Crippen LogP contribution in [0.1, 0.15) is 18.9 Å². The van der Waals surface area contributed by atoms with Gasteiger partial charge in [0.05, 0.1) is 6.61 Å². The second-order valence-electron chi connectivity index (χ2n) is 4.26. The van der Waals surface area contributed by atoms with Crippen molar-refractivity contribution in [3.8, 4) is 0 Å². The van der Waals surface area contributed by atoms with Crippen LogP contribution in [0, 0.1) is 0 Å². The van der Waals surface area contributed by atoms with Crippen LogP contribution in [0.3, 0.4) is 0 Å². The van der Waals surface area contributed by atoms with E-state index in [4.69, 9.17) is 4.74 Å². The van der Waals surface area contributed by atoms with Crippen molar-refractivity contribution < 1.29 is 9.53 Å². The van der Waals surface area contributed by atoms with Crippen molar-refractivity contribution in [2.45, 2.75) is 25.8 Å². The fourth-order valence-electron chi connectivity index (χ4n) is 1.77. The number of nitrogens with zero attached hydrogens (tertiary/aromatic N) is 1. The van der Waals surface area contributed by atoms with Crippen molar-refractivity contribution in [1.82, 2.24) is 4.90 Å². The summed E-state index contributed by atoms with van der Waals surface area (Å²) in [5.74, 6) is -0.131. The lowest BCUT2D eigenvalue weighted by atomic mass is 10.0. The lowest BCUT2D eigenvalue weighted by Gasteiger charge is -2.22. The fourth-order valence-corrected chi connectivity index (χ4v) is 1.77. The van der Waals surface area contributed by atoms with Gasteiger partial charge in [-0.2, -0.15) is 0 Å². The van der Waals surface area contributed by atoms with Gasteiger partial charge in [0.15, 0.2) is 0 Å². The molecule has 0 aliphatic rings. The van der Waals surface area contributed by atoms with Crippen LogP contribution < -0.4 is 0 Å². The Morgan fingerprint density at radius 2 is 1.94 bits per heavy atom. The van der Waals surface area contributed by atoms with Crippen molar-refractivity contribution in [3.05, 3.63) is 35.9 Å². The minimum Gasteiger partial charge on any atom is -0.465 e. The quantitative estimate of drug-likeness (QED) is 0.707. The van der Waals surface area contributed by atoms with E-state index in [-0.39, 0.29) is 12.0 Å². The van der Waals surface area contributed by atoms with E-state index in [1.165, 1.54) is 5.56 Å². The number of ether oxygens (including phenoxy) is 1. The van der Waals surface area contributed by atoms with Gasteiger partial charge in [0.2, 0.25) is 0 Å². The molecule has 0 aliphatic carbocycles. The smallest absolute Gasteiger partial charge is 0.323 e. The minimum absolute atomic E-state index is 0.131. The number of aryl methyl sites for hydroxylation is 1. The molecule has 0 fully saturated rings. The monoisotopic (exact) mass is 235 g/mol. The zero-order valence-corrected chi connectivity index (χ0v) is 10.8. The SMILES string of the molecule is CCOC(=O)[C@H](CCc1ccccc1)N(C)C. The highest BCUT2D eigenvalue weighted by atomic mass is 16.5. The fraction of sp³-hybridized carbons (Fsp3) is 0.500. The zero-order chi connectivity index (χ0) is 12.7. The summed E-state index contributed by atoms with van der Waals surface area (Å²) in [6.07, 6.45) is 1.68. The molecule has 0 saturated heterocycles. The molecule has 0 aromatic heterocycles. The Bertz CT molecular complexity index is 335. The number of rotatable bonds is 6. The maximum atomic E-state index is 11.7. The molecular weight excluding hydrogens is 214 g/mol. The van der Waals surface area contributed by atoms with E-state index in [9.17, 15) is 4.79 Å². The molecule has 0 spiro atoms. The highest BCUT2D eigenvalue weighted by molar-refractivity contribution is 5.75. The Labute approximate surface area is 103 Å². The van der Waals surface area contributed by atoms with Crippen molar-refractivity contribution in [2.24, 2.45) is 0 Å². The van der Waals surface area contributed by atoms with E-state index < -0.39 is 0 Å². The molecule has 1 rings (SSSR count). The van der Waals surface area contributed by atoms with Gasteiger partial charge < -0.3 is 4.74 Å². The molecule has 0 heterocycles. The van der Waals surface area contributed by atoms with Crippen LogP contribution in [-0.2, 0) is 16.0 Å². The number of carbonyl (C=O) groups is 1. The Hall–Kier alpha value is -1.35. The maximum Gasteiger partial charge on any atom is 0.323 e. The summed E-state index contributed by atoms with van der Waals surface area (Å²) in [6, 6.07) is 10.0. The zero-order valence-electron chi connectivity index (χ0n) is 10.8. The van der Waals surface area contributed by atoms with Gasteiger partial charge in [-0.3, -0.25) is 9.69 Å². The topological polar surface area (TPSA) is 29.5 Å². The predicted molar refractivity (Wildman–Crippen MR) is 68.9 cm³/mol. The van der Waals surface area contributed by atoms with Crippen LogP contribution in [0.2, 0.25) is 0 Å². The molecule has 0 N–H and O–H groups in total. The van der Waals surface area contributed by atoms with Gasteiger partial charge >= 0.3 is 5.97 Å². The first-order valence-electron chi connectivity index (χ1n) is 6.02. The van der Waals surface area contributed by atoms with Crippen molar-refractivity contribution in [1.29, 1.82) is 0 Å². The highest BCUT2D eigenvalue weighted by Gasteiger charge is 2.21. The number of hydrogen-bond acceptors (Lipinski definition) is 3. The number of likely N-dealkylation sites (N-methyl/N-ethyl adjacent to an activating group) is 1. The van der Waals surface area contributed by atoms with Crippen LogP contribution in [0.5, 0.6) is 0 Å². The Morgan fingerprint density at radius 1 is 1.29 bits per heavy atom. The second kappa shape index (κ2) is 7.07. The maximum absolute atomic E-state index is 11.7. The minimum atomic E-state index is -0.157. The van der Waals surface area contributed by atoms with E-state index in [2.05, 4.69) is 12.1 Å². The number of hydrogen-bond donors (Lipinski definition) is 0. The average molecular weight is 235 g/mol. The first-order chi connectivity index (χ1) is 8.15. The van der Waals surface area contributed by atoms with Crippen molar-refractivity contribution in [3.63, 3.8) is 0 Å². The molecule has 1 atom stereocenters. The van der Waals surface area contributed by atoms with Gasteiger partial charge in [-0.15, -0.1) is 0 Å². The van der Waals surface area contributed by atoms with Gasteiger partial charge in [-0.25, -0.2) is 0 Å². The van der Waals surface area contributed by atoms with Crippen LogP contribution >= 0.6 is 0 Å². The molecule has 3 heteroatoms. The van der Waals surface area contributed by atoms with E-state index in [1.54, 1.807) is 0 Å². The summed E-state index contributed by atoms with van der Waals surface area (Å²) in [5.41, 5.74) is 1.25. The van der Waals surface area contributed by atoms with Crippen molar-refractivity contribution >= 4 is 5.97 Å². The van der Waals surface area contributed by atoms with Crippen molar-refractivity contribution in [2.75, 3.05) is 20.7 Å². The Morgan fingerprint density at radius 3 is 2.47 bits per heavy atom. The largest absolute Gasteiger partial charge is 0.465 e. The molecule has 0 saturated carbocycles. The molecule has 3 nitrogen and oxygen atoms in total. The summed E-state index contributed by atoms with van der Waals surface area (Å²) in [4.78, 5) is 13.7. The lowest BCUT2D eigenvalue weighted by molar-refractivity contribution is -0.148. The van der Waals surface area contributed by atoms with Gasteiger partial charge in [0.25, 0.3) is 0 Å². The third kappa shape index (κ3) is 4.57. The third-order valence-electron chi connectivity index (χ3n) is 2.73. The van der Waals surface area contributed by atoms with Gasteiger partial charge in [-0.1, -0.05) is 30.3 Å². The van der Waals surface area contributed by atoms with Crippen LogP contribution in [0.25, 0.3) is 0 Å². The average Bonchev–Trinajstić information content (AvgIpc) is 2.30. The lowest BCUT2D eigenvalue weighted by Crippen LogP contribution is -2.37. The molecule has 1 aromatic rings. The molecule has 94 valence electrons. The molecule has 0 bridgehead atoms. The number of esters is 1. The summed E-state index contributed by atoms with van der Waals surface area (Å²) in [6.45, 7) is 2.27. The highest BCUT2D eigenvalue weighted by Crippen LogP contribution is 2.09. The van der Waals surface area contributed by atoms with E-state index in [1.807, 2.05) is 44.1 Å². The van der Waals surface area contributed by atoms with E-state index in [0.29, 0.717) is 6.61 Å². The first-order valence-corrected chi connectivity index (χ1v) is 6.02. The Balaban J connectivity index is 2.53. The van der Waals surface area contributed by atoms with Gasteiger partial charge in [0.1, 0.15) is 6.04 Å². The van der Waals surface area contributed by atoms with Crippen LogP contribution in [-0.4, -0.2) is 37.6 Å².